The Morgan fingerprint density at radius 1 is 0.739 bits per heavy atom. The van der Waals surface area contributed by atoms with E-state index in [2.05, 4.69) is 78.9 Å². The molecule has 4 rings (SSSR count). The van der Waals surface area contributed by atoms with Gasteiger partial charge < -0.3 is 4.74 Å². The van der Waals surface area contributed by atoms with Crippen LogP contribution in [0.15, 0.2) is 78.9 Å². The molecule has 3 aromatic carbocycles. The van der Waals surface area contributed by atoms with Crippen LogP contribution in [0.1, 0.15) is 34.1 Å². The average molecular weight is 300 g/mol. The van der Waals surface area contributed by atoms with Crippen LogP contribution in [0.25, 0.3) is 0 Å². The Kier molecular flexibility index (Phi) is 3.63. The maximum Gasteiger partial charge on any atom is 0.118 e. The fraction of sp³-hybridized carbons (Fsp3) is 0.182. The second-order valence-electron chi connectivity index (χ2n) is 6.17. The van der Waals surface area contributed by atoms with E-state index in [1.54, 1.807) is 7.11 Å². The Hall–Kier alpha value is -2.54. The van der Waals surface area contributed by atoms with Gasteiger partial charge in [0.1, 0.15) is 5.75 Å². The van der Waals surface area contributed by atoms with Gasteiger partial charge in [-0.3, -0.25) is 0 Å². The van der Waals surface area contributed by atoms with Gasteiger partial charge in [0.25, 0.3) is 0 Å². The van der Waals surface area contributed by atoms with E-state index in [0.29, 0.717) is 11.8 Å². The molecule has 2 atom stereocenters. The summed E-state index contributed by atoms with van der Waals surface area (Å²) in [6, 6.07) is 28.3. The van der Waals surface area contributed by atoms with Crippen LogP contribution < -0.4 is 4.74 Å². The molecule has 114 valence electrons. The normalized spacial score (nSPS) is 19.3. The molecule has 1 aliphatic rings. The van der Waals surface area contributed by atoms with Crippen LogP contribution in [0.2, 0.25) is 0 Å². The monoisotopic (exact) mass is 300 g/mol. The van der Waals surface area contributed by atoms with E-state index in [4.69, 9.17) is 4.74 Å². The van der Waals surface area contributed by atoms with Gasteiger partial charge in [-0.25, -0.2) is 0 Å². The molecule has 1 nitrogen and oxygen atoms in total. The first-order valence-electron chi connectivity index (χ1n) is 8.13. The van der Waals surface area contributed by atoms with Crippen LogP contribution in [-0.2, 0) is 6.42 Å². The molecule has 0 fully saturated rings. The molecule has 1 aliphatic carbocycles. The molecule has 0 saturated heterocycles. The quantitative estimate of drug-likeness (QED) is 0.648. The van der Waals surface area contributed by atoms with Gasteiger partial charge in [0, 0.05) is 5.92 Å². The summed E-state index contributed by atoms with van der Waals surface area (Å²) >= 11 is 0. The highest BCUT2D eigenvalue weighted by Gasteiger charge is 2.34. The summed E-state index contributed by atoms with van der Waals surface area (Å²) in [5, 5.41) is 0. The molecule has 0 aliphatic heterocycles. The summed E-state index contributed by atoms with van der Waals surface area (Å²) in [4.78, 5) is 0. The van der Waals surface area contributed by atoms with Crippen LogP contribution in [0.3, 0.4) is 0 Å². The van der Waals surface area contributed by atoms with E-state index in [1.165, 1.54) is 22.3 Å². The lowest BCUT2D eigenvalue weighted by molar-refractivity contribution is 0.414. The second kappa shape index (κ2) is 5.92. The molecule has 2 unspecified atom stereocenters. The Bertz CT molecular complexity index is 790. The SMILES string of the molecule is COc1ccc(C2c3ccccc3CC2c2ccccc2)cc1. The molecule has 0 bridgehead atoms. The Balaban J connectivity index is 1.80. The smallest absolute Gasteiger partial charge is 0.118 e. The minimum atomic E-state index is 0.416. The van der Waals surface area contributed by atoms with Gasteiger partial charge in [-0.2, -0.15) is 0 Å². The molecule has 23 heavy (non-hydrogen) atoms. The standard InChI is InChI=1S/C22H20O/c1-23-19-13-11-17(12-14-19)22-20-10-6-5-9-18(20)15-21(22)16-7-3-2-4-8-16/h2-14,21-22H,15H2,1H3. The van der Waals surface area contributed by atoms with Crippen LogP contribution in [0.4, 0.5) is 0 Å². The van der Waals surface area contributed by atoms with Crippen molar-refractivity contribution in [3.05, 3.63) is 101 Å². The van der Waals surface area contributed by atoms with Crippen molar-refractivity contribution in [2.45, 2.75) is 18.3 Å². The summed E-state index contributed by atoms with van der Waals surface area (Å²) in [7, 11) is 1.71. The lowest BCUT2D eigenvalue weighted by atomic mass is 9.82. The van der Waals surface area contributed by atoms with Crippen LogP contribution >= 0.6 is 0 Å². The molecule has 0 N–H and O–H groups in total. The Morgan fingerprint density at radius 2 is 1.43 bits per heavy atom. The predicted molar refractivity (Wildman–Crippen MR) is 94.2 cm³/mol. The molecular formula is C22H20O. The fourth-order valence-electron chi connectivity index (χ4n) is 3.83. The summed E-state index contributed by atoms with van der Waals surface area (Å²) in [5.41, 5.74) is 5.72. The van der Waals surface area contributed by atoms with Crippen molar-refractivity contribution >= 4 is 0 Å². The highest BCUT2D eigenvalue weighted by molar-refractivity contribution is 5.48. The first kappa shape index (κ1) is 14.1. The molecular weight excluding hydrogens is 280 g/mol. The van der Waals surface area contributed by atoms with Crippen LogP contribution in [0.5, 0.6) is 5.75 Å². The second-order valence-corrected chi connectivity index (χ2v) is 6.17. The molecule has 0 aromatic heterocycles. The van der Waals surface area contributed by atoms with Gasteiger partial charge >= 0.3 is 0 Å². The van der Waals surface area contributed by atoms with Gasteiger partial charge in [-0.15, -0.1) is 0 Å². The van der Waals surface area contributed by atoms with Crippen LogP contribution in [-0.4, -0.2) is 7.11 Å². The highest BCUT2D eigenvalue weighted by Crippen LogP contribution is 2.47. The fourth-order valence-corrected chi connectivity index (χ4v) is 3.83. The van der Waals surface area contributed by atoms with Crippen LogP contribution in [0, 0.1) is 0 Å². The maximum atomic E-state index is 5.31. The first-order chi connectivity index (χ1) is 11.4. The minimum Gasteiger partial charge on any atom is -0.497 e. The Morgan fingerprint density at radius 3 is 2.17 bits per heavy atom. The predicted octanol–water partition coefficient (Wildman–Crippen LogP) is 5.17. The van der Waals surface area contributed by atoms with E-state index in [0.717, 1.165) is 12.2 Å². The largest absolute Gasteiger partial charge is 0.497 e. The number of rotatable bonds is 3. The zero-order chi connectivity index (χ0) is 15.6. The van der Waals surface area contributed by atoms with Crippen molar-refractivity contribution < 1.29 is 4.74 Å². The topological polar surface area (TPSA) is 9.23 Å². The third-order valence-electron chi connectivity index (χ3n) is 4.93. The molecule has 3 aromatic rings. The lowest BCUT2D eigenvalue weighted by Gasteiger charge is -2.22. The van der Waals surface area contributed by atoms with E-state index in [1.807, 2.05) is 0 Å². The number of benzene rings is 3. The number of methoxy groups -OCH3 is 1. The summed E-state index contributed by atoms with van der Waals surface area (Å²) in [6.07, 6.45) is 1.11. The van der Waals surface area contributed by atoms with Gasteiger partial charge in [0.2, 0.25) is 0 Å². The van der Waals surface area contributed by atoms with E-state index < -0.39 is 0 Å². The third-order valence-corrected chi connectivity index (χ3v) is 4.93. The number of hydrogen-bond donors (Lipinski definition) is 0. The molecule has 0 spiro atoms. The summed E-state index contributed by atoms with van der Waals surface area (Å²) < 4.78 is 5.31. The third kappa shape index (κ3) is 2.53. The Labute approximate surface area is 137 Å². The van der Waals surface area contributed by atoms with Gasteiger partial charge in [0.15, 0.2) is 0 Å². The van der Waals surface area contributed by atoms with Gasteiger partial charge in [-0.1, -0.05) is 66.7 Å². The van der Waals surface area contributed by atoms with Crippen molar-refractivity contribution in [2.24, 2.45) is 0 Å². The molecule has 1 heteroatoms. The van der Waals surface area contributed by atoms with E-state index >= 15 is 0 Å². The number of ether oxygens (including phenoxy) is 1. The van der Waals surface area contributed by atoms with Gasteiger partial charge in [-0.05, 0) is 46.7 Å². The minimum absolute atomic E-state index is 0.416. The number of hydrogen-bond acceptors (Lipinski definition) is 1. The highest BCUT2D eigenvalue weighted by atomic mass is 16.5. The van der Waals surface area contributed by atoms with Crippen molar-refractivity contribution in [1.82, 2.24) is 0 Å². The van der Waals surface area contributed by atoms with Crippen molar-refractivity contribution in [3.8, 4) is 5.75 Å². The van der Waals surface area contributed by atoms with E-state index in [9.17, 15) is 0 Å². The first-order valence-corrected chi connectivity index (χ1v) is 8.13. The molecule has 0 amide bonds. The summed E-state index contributed by atoms with van der Waals surface area (Å²) in [6.45, 7) is 0. The molecule has 0 heterocycles. The zero-order valence-corrected chi connectivity index (χ0v) is 13.3. The molecule has 0 radical (unpaired) electrons. The average Bonchev–Trinajstić information content (AvgIpc) is 3.02. The summed E-state index contributed by atoms with van der Waals surface area (Å²) in [5.74, 6) is 1.83. The van der Waals surface area contributed by atoms with Crippen molar-refractivity contribution in [3.63, 3.8) is 0 Å². The van der Waals surface area contributed by atoms with Gasteiger partial charge in [0.05, 0.1) is 7.11 Å². The maximum absolute atomic E-state index is 5.31. The van der Waals surface area contributed by atoms with E-state index in [-0.39, 0.29) is 0 Å². The lowest BCUT2D eigenvalue weighted by Crippen LogP contribution is -2.08. The van der Waals surface area contributed by atoms with Crippen molar-refractivity contribution in [2.75, 3.05) is 7.11 Å². The zero-order valence-electron chi connectivity index (χ0n) is 13.3. The number of fused-ring (bicyclic) bond motifs is 1. The molecule has 0 saturated carbocycles. The van der Waals surface area contributed by atoms with Crippen molar-refractivity contribution in [1.29, 1.82) is 0 Å².